The number of halogens is 2. The Labute approximate surface area is 303 Å². The van der Waals surface area contributed by atoms with E-state index in [4.69, 9.17) is 26.3 Å². The second-order valence-electron chi connectivity index (χ2n) is 13.6. The number of hydrogen-bond donors (Lipinski definition) is 2. The fourth-order valence-corrected chi connectivity index (χ4v) is 7.99. The summed E-state index contributed by atoms with van der Waals surface area (Å²) in [5, 5.41) is 11.3. The minimum Gasteiger partial charge on any atom is -0.444 e. The summed E-state index contributed by atoms with van der Waals surface area (Å²) in [4.78, 5) is 12.0. The van der Waals surface area contributed by atoms with Crippen molar-refractivity contribution in [2.45, 2.75) is 70.6 Å². The second-order valence-corrected chi connectivity index (χ2v) is 18.2. The molecule has 4 rings (SSSR count). The summed E-state index contributed by atoms with van der Waals surface area (Å²) in [7, 11) is -6.46. The van der Waals surface area contributed by atoms with Crippen LogP contribution in [-0.4, -0.2) is 67.4 Å². The van der Waals surface area contributed by atoms with Gasteiger partial charge in [-0.25, -0.2) is 42.2 Å². The van der Waals surface area contributed by atoms with Crippen LogP contribution in [0.5, 0.6) is 0 Å². The molecule has 0 fully saturated rings. The standard InChI is InChI=1S/C18H24FN3O4S.C18H21FN2O3S/c1-18(2,9-11-27(24,25)10-3-4-16(20)22-23)15-12-26-17(21-15)13-5-7-14(19)8-6-13;1-18(2,9-12-25(22,23)11-4-10-20-3)16-13-24-17(21-16)14-5-7-15(19)8-6-14/h5-8,12,23H,3-4,9-11H2,1-2H3,(H2,20,22);5-8,13H,4,9-12H2,1-2H3. The Balaban J connectivity index is 0.000000281. The summed E-state index contributed by atoms with van der Waals surface area (Å²) in [5.41, 5.74) is 6.95. The second kappa shape index (κ2) is 18.2. The highest BCUT2D eigenvalue weighted by atomic mass is 32.2. The van der Waals surface area contributed by atoms with Gasteiger partial charge in [0.1, 0.15) is 39.8 Å². The molecule has 2 heterocycles. The van der Waals surface area contributed by atoms with Crippen LogP contribution in [0.4, 0.5) is 8.78 Å². The zero-order valence-electron chi connectivity index (χ0n) is 29.7. The quantitative estimate of drug-likeness (QED) is 0.0285. The van der Waals surface area contributed by atoms with Crippen LogP contribution in [0.2, 0.25) is 0 Å². The predicted molar refractivity (Wildman–Crippen MR) is 195 cm³/mol. The SMILES string of the molecule is CC(C)(CCS(=O)(=O)CCC/C(N)=N/O)c1coc(-c2ccc(F)cc2)n1.[C-]#[N+]CCCS(=O)(=O)CCC(C)(C)c1coc(-c2ccc(F)cc2)n1. The Morgan fingerprint density at radius 2 is 1.17 bits per heavy atom. The first-order valence-electron chi connectivity index (χ1n) is 16.5. The number of rotatable bonds is 17. The molecule has 0 saturated carbocycles. The lowest BCUT2D eigenvalue weighted by Gasteiger charge is -2.21. The van der Waals surface area contributed by atoms with Gasteiger partial charge in [-0.1, -0.05) is 32.9 Å². The van der Waals surface area contributed by atoms with Crippen molar-refractivity contribution in [3.63, 3.8) is 0 Å². The molecule has 0 unspecified atom stereocenters. The number of nitrogens with two attached hydrogens (primary N) is 1. The average Bonchev–Trinajstić information content (AvgIpc) is 3.80. The van der Waals surface area contributed by atoms with E-state index in [1.54, 1.807) is 24.3 Å². The fourth-order valence-electron chi connectivity index (χ4n) is 4.79. The summed E-state index contributed by atoms with van der Waals surface area (Å²) in [6, 6.07) is 11.6. The lowest BCUT2D eigenvalue weighted by Crippen LogP contribution is -2.24. The summed E-state index contributed by atoms with van der Waals surface area (Å²) < 4.78 is 85.5. The minimum atomic E-state index is -3.27. The van der Waals surface area contributed by atoms with Gasteiger partial charge in [0.25, 0.3) is 0 Å². The molecule has 2 aromatic carbocycles. The maximum atomic E-state index is 13.0. The Morgan fingerprint density at radius 1 is 0.769 bits per heavy atom. The van der Waals surface area contributed by atoms with Gasteiger partial charge in [-0.3, -0.25) is 0 Å². The van der Waals surface area contributed by atoms with Gasteiger partial charge in [0.15, 0.2) is 9.84 Å². The molecule has 52 heavy (non-hydrogen) atoms. The van der Waals surface area contributed by atoms with Crippen molar-refractivity contribution in [2.24, 2.45) is 10.9 Å². The van der Waals surface area contributed by atoms with Crippen LogP contribution < -0.4 is 5.73 Å². The maximum absolute atomic E-state index is 13.0. The third-order valence-corrected chi connectivity index (χ3v) is 11.9. The van der Waals surface area contributed by atoms with E-state index in [1.165, 1.54) is 36.8 Å². The zero-order chi connectivity index (χ0) is 38.6. The summed E-state index contributed by atoms with van der Waals surface area (Å²) in [6.07, 6.45) is 4.69. The first kappa shape index (κ1) is 41.8. The lowest BCUT2D eigenvalue weighted by molar-refractivity contribution is 0.317. The first-order valence-corrected chi connectivity index (χ1v) is 20.1. The minimum absolute atomic E-state index is 0.00505. The van der Waals surface area contributed by atoms with E-state index >= 15 is 0 Å². The monoisotopic (exact) mass is 761 g/mol. The molecule has 0 atom stereocenters. The van der Waals surface area contributed by atoms with Gasteiger partial charge in [0.2, 0.25) is 18.3 Å². The molecule has 0 radical (unpaired) electrons. The van der Waals surface area contributed by atoms with Crippen LogP contribution in [0.3, 0.4) is 0 Å². The third-order valence-electron chi connectivity index (χ3n) is 8.40. The van der Waals surface area contributed by atoms with Crippen molar-refractivity contribution in [1.29, 1.82) is 0 Å². The van der Waals surface area contributed by atoms with E-state index in [0.29, 0.717) is 60.0 Å². The van der Waals surface area contributed by atoms with Crippen LogP contribution in [0.1, 0.15) is 71.2 Å². The highest BCUT2D eigenvalue weighted by Gasteiger charge is 2.29. The molecule has 0 amide bonds. The van der Waals surface area contributed by atoms with Gasteiger partial charge in [-0.2, -0.15) is 0 Å². The smallest absolute Gasteiger partial charge is 0.226 e. The number of oxazole rings is 2. The Bertz CT molecular complexity index is 2030. The van der Waals surface area contributed by atoms with Crippen molar-refractivity contribution in [3.8, 4) is 22.9 Å². The molecule has 0 aliphatic carbocycles. The van der Waals surface area contributed by atoms with E-state index in [1.807, 2.05) is 27.7 Å². The molecule has 282 valence electrons. The van der Waals surface area contributed by atoms with Gasteiger partial charge < -0.3 is 24.6 Å². The number of benzene rings is 2. The molecular formula is C36H45F2N5O7S2. The number of oxime groups is 1. The molecule has 2 aromatic heterocycles. The van der Waals surface area contributed by atoms with Crippen molar-refractivity contribution in [1.82, 2.24) is 9.97 Å². The fraction of sp³-hybridized carbons (Fsp3) is 0.444. The van der Waals surface area contributed by atoms with Crippen LogP contribution in [0, 0.1) is 18.2 Å². The van der Waals surface area contributed by atoms with Crippen molar-refractivity contribution < 1.29 is 39.7 Å². The van der Waals surface area contributed by atoms with Crippen LogP contribution >= 0.6 is 0 Å². The van der Waals surface area contributed by atoms with Crippen molar-refractivity contribution in [3.05, 3.63) is 95.5 Å². The topological polar surface area (TPSA) is 183 Å². The van der Waals surface area contributed by atoms with Crippen LogP contribution in [0.25, 0.3) is 27.8 Å². The molecule has 0 bridgehead atoms. The first-order chi connectivity index (χ1) is 24.4. The Hall–Kier alpha value is -4.62. The molecule has 0 spiro atoms. The summed E-state index contributed by atoms with van der Waals surface area (Å²) in [5.74, 6) is 0.113. The van der Waals surface area contributed by atoms with Gasteiger partial charge >= 0.3 is 0 Å². The number of hydrogen-bond acceptors (Lipinski definition) is 10. The molecule has 3 N–H and O–H groups in total. The molecule has 12 nitrogen and oxygen atoms in total. The number of amidine groups is 1. The van der Waals surface area contributed by atoms with E-state index < -0.39 is 30.5 Å². The number of sulfone groups is 2. The predicted octanol–water partition coefficient (Wildman–Crippen LogP) is 6.96. The van der Waals surface area contributed by atoms with E-state index in [9.17, 15) is 25.6 Å². The molecule has 4 aromatic rings. The van der Waals surface area contributed by atoms with Crippen molar-refractivity contribution >= 4 is 25.5 Å². The molecule has 0 aliphatic rings. The maximum Gasteiger partial charge on any atom is 0.226 e. The average molecular weight is 762 g/mol. The van der Waals surface area contributed by atoms with Crippen LogP contribution in [-0.2, 0) is 30.5 Å². The number of aromatic nitrogens is 2. The van der Waals surface area contributed by atoms with E-state index in [2.05, 4.69) is 20.0 Å². The molecule has 16 heteroatoms. The van der Waals surface area contributed by atoms with E-state index in [-0.39, 0.29) is 53.4 Å². The third kappa shape index (κ3) is 13.2. The van der Waals surface area contributed by atoms with E-state index in [0.717, 1.165) is 0 Å². The molecule has 0 saturated heterocycles. The summed E-state index contributed by atoms with van der Waals surface area (Å²) in [6.45, 7) is 14.5. The molecular weight excluding hydrogens is 717 g/mol. The van der Waals surface area contributed by atoms with Gasteiger partial charge in [0.05, 0.1) is 34.4 Å². The Morgan fingerprint density at radius 3 is 1.56 bits per heavy atom. The van der Waals surface area contributed by atoms with Gasteiger partial charge in [-0.05, 0) is 67.8 Å². The number of nitrogens with zero attached hydrogens (tertiary/aromatic N) is 4. The van der Waals surface area contributed by atoms with Crippen molar-refractivity contribution in [2.75, 3.05) is 29.6 Å². The summed E-state index contributed by atoms with van der Waals surface area (Å²) >= 11 is 0. The Kier molecular flexibility index (Phi) is 14.7. The van der Waals surface area contributed by atoms with Gasteiger partial charge in [-0.15, -0.1) is 0 Å². The normalized spacial score (nSPS) is 12.6. The zero-order valence-corrected chi connectivity index (χ0v) is 31.3. The van der Waals surface area contributed by atoms with Crippen LogP contribution in [0.15, 0.2) is 75.0 Å². The lowest BCUT2D eigenvalue weighted by atomic mass is 9.87. The molecule has 0 aliphatic heterocycles. The van der Waals surface area contributed by atoms with Gasteiger partial charge in [0, 0.05) is 34.8 Å². The highest BCUT2D eigenvalue weighted by molar-refractivity contribution is 7.91. The highest BCUT2D eigenvalue weighted by Crippen LogP contribution is 2.31. The largest absolute Gasteiger partial charge is 0.444 e.